The molecule has 0 radical (unpaired) electrons. The second kappa shape index (κ2) is 6.20. The summed E-state index contributed by atoms with van der Waals surface area (Å²) in [7, 11) is -3.48. The molecule has 0 aliphatic carbocycles. The summed E-state index contributed by atoms with van der Waals surface area (Å²) in [6.45, 7) is 1.85. The van der Waals surface area contributed by atoms with Crippen molar-refractivity contribution in [2.75, 3.05) is 26.3 Å². The van der Waals surface area contributed by atoms with Crippen molar-refractivity contribution in [2.24, 2.45) is 0 Å². The first kappa shape index (κ1) is 15.2. The molecule has 5 nitrogen and oxygen atoms in total. The highest BCUT2D eigenvalue weighted by Gasteiger charge is 2.24. The molecule has 0 atom stereocenters. The summed E-state index contributed by atoms with van der Waals surface area (Å²) in [5.74, 6) is 0. The number of fused-ring (bicyclic) bond motifs is 1. The van der Waals surface area contributed by atoms with Crippen molar-refractivity contribution >= 4 is 43.2 Å². The van der Waals surface area contributed by atoms with E-state index in [2.05, 4.69) is 4.72 Å². The highest BCUT2D eigenvalue weighted by atomic mass is 35.5. The van der Waals surface area contributed by atoms with E-state index in [-0.39, 0.29) is 6.54 Å². The average Bonchev–Trinajstić information content (AvgIpc) is 2.83. The first-order chi connectivity index (χ1) is 10.1. The van der Waals surface area contributed by atoms with Crippen LogP contribution < -0.4 is 4.72 Å². The van der Waals surface area contributed by atoms with Crippen LogP contribution in [-0.4, -0.2) is 39.0 Å². The largest absolute Gasteiger partial charge is 0.379 e. The third kappa shape index (κ3) is 3.23. The van der Waals surface area contributed by atoms with Gasteiger partial charge in [0.25, 0.3) is 10.2 Å². The van der Waals surface area contributed by atoms with Crippen LogP contribution in [0.5, 0.6) is 0 Å². The molecule has 8 heteroatoms. The van der Waals surface area contributed by atoms with Crippen LogP contribution in [0.15, 0.2) is 24.3 Å². The van der Waals surface area contributed by atoms with Crippen LogP contribution >= 0.6 is 22.9 Å². The highest BCUT2D eigenvalue weighted by molar-refractivity contribution is 7.87. The van der Waals surface area contributed by atoms with E-state index < -0.39 is 10.2 Å². The minimum atomic E-state index is -3.48. The van der Waals surface area contributed by atoms with Crippen molar-refractivity contribution in [3.05, 3.63) is 34.2 Å². The predicted octanol–water partition coefficient (Wildman–Crippen LogP) is 2.22. The Labute approximate surface area is 132 Å². The van der Waals surface area contributed by atoms with Gasteiger partial charge in [0, 0.05) is 34.6 Å². The topological polar surface area (TPSA) is 58.6 Å². The van der Waals surface area contributed by atoms with Crippen molar-refractivity contribution < 1.29 is 13.2 Å². The molecule has 2 heterocycles. The maximum Gasteiger partial charge on any atom is 0.279 e. The quantitative estimate of drug-likeness (QED) is 0.923. The second-order valence-corrected chi connectivity index (χ2v) is 7.94. The normalized spacial score (nSPS) is 17.4. The molecule has 2 aromatic rings. The zero-order chi connectivity index (χ0) is 14.9. The fraction of sp³-hybridized carbons (Fsp3) is 0.385. The Morgan fingerprint density at radius 1 is 1.29 bits per heavy atom. The van der Waals surface area contributed by atoms with Crippen LogP contribution in [0.2, 0.25) is 5.02 Å². The number of thiophene rings is 1. The van der Waals surface area contributed by atoms with E-state index in [9.17, 15) is 8.42 Å². The molecule has 1 N–H and O–H groups in total. The lowest BCUT2D eigenvalue weighted by molar-refractivity contribution is 0.0725. The summed E-state index contributed by atoms with van der Waals surface area (Å²) in [5.41, 5.74) is 0. The Bertz CT molecular complexity index is 739. The molecule has 0 saturated carbocycles. The smallest absolute Gasteiger partial charge is 0.279 e. The van der Waals surface area contributed by atoms with E-state index in [4.69, 9.17) is 16.3 Å². The first-order valence-electron chi connectivity index (χ1n) is 6.56. The molecule has 1 fully saturated rings. The van der Waals surface area contributed by atoms with Gasteiger partial charge in [0.15, 0.2) is 0 Å². The summed E-state index contributed by atoms with van der Waals surface area (Å²) in [6.07, 6.45) is 0. The fourth-order valence-electron chi connectivity index (χ4n) is 2.21. The van der Waals surface area contributed by atoms with Gasteiger partial charge in [0.05, 0.1) is 18.2 Å². The van der Waals surface area contributed by atoms with Gasteiger partial charge in [-0.25, -0.2) is 0 Å². The lowest BCUT2D eigenvalue weighted by Gasteiger charge is -2.25. The van der Waals surface area contributed by atoms with Gasteiger partial charge in [-0.3, -0.25) is 0 Å². The van der Waals surface area contributed by atoms with Gasteiger partial charge in [0.1, 0.15) is 0 Å². The van der Waals surface area contributed by atoms with Gasteiger partial charge in [-0.15, -0.1) is 11.3 Å². The number of morpholine rings is 1. The Kier molecular flexibility index (Phi) is 4.49. The van der Waals surface area contributed by atoms with E-state index in [1.54, 1.807) is 0 Å². The zero-order valence-electron chi connectivity index (χ0n) is 11.2. The van der Waals surface area contributed by atoms with E-state index >= 15 is 0 Å². The van der Waals surface area contributed by atoms with E-state index in [1.165, 1.54) is 15.6 Å². The number of benzene rings is 1. The Morgan fingerprint density at radius 3 is 2.71 bits per heavy atom. The lowest BCUT2D eigenvalue weighted by atomic mass is 10.2. The maximum absolute atomic E-state index is 12.2. The number of halogens is 1. The van der Waals surface area contributed by atoms with Gasteiger partial charge < -0.3 is 4.74 Å². The number of hydrogen-bond donors (Lipinski definition) is 1. The summed E-state index contributed by atoms with van der Waals surface area (Å²) in [5, 5.41) is 1.59. The summed E-state index contributed by atoms with van der Waals surface area (Å²) >= 11 is 7.82. The summed E-state index contributed by atoms with van der Waals surface area (Å²) < 4.78 is 34.7. The molecule has 1 aromatic heterocycles. The van der Waals surface area contributed by atoms with Gasteiger partial charge >= 0.3 is 0 Å². The fourth-order valence-corrected chi connectivity index (χ4v) is 4.88. The molecule has 1 aliphatic heterocycles. The van der Waals surface area contributed by atoms with Crippen LogP contribution in [0, 0.1) is 0 Å². The van der Waals surface area contributed by atoms with Gasteiger partial charge in [0.2, 0.25) is 0 Å². The van der Waals surface area contributed by atoms with Crippen LogP contribution in [0.25, 0.3) is 10.1 Å². The molecule has 0 bridgehead atoms. The van der Waals surface area contributed by atoms with E-state index in [0.717, 1.165) is 15.0 Å². The van der Waals surface area contributed by atoms with Crippen LogP contribution in [0.4, 0.5) is 0 Å². The molecular weight excluding hydrogens is 332 g/mol. The molecule has 21 heavy (non-hydrogen) atoms. The minimum absolute atomic E-state index is 0.206. The average molecular weight is 347 g/mol. The van der Waals surface area contributed by atoms with Crippen molar-refractivity contribution in [3.63, 3.8) is 0 Å². The number of nitrogens with one attached hydrogen (secondary N) is 1. The molecule has 1 aromatic carbocycles. The van der Waals surface area contributed by atoms with Crippen LogP contribution in [0.1, 0.15) is 4.88 Å². The minimum Gasteiger partial charge on any atom is -0.379 e. The standard InChI is InChI=1S/C13H15ClN2O3S2/c14-13-10-3-1-2-4-11(10)20-12(13)9-15-21(17,18)16-5-7-19-8-6-16/h1-4,15H,5-9H2. The number of nitrogens with zero attached hydrogens (tertiary/aromatic N) is 1. The third-order valence-electron chi connectivity index (χ3n) is 3.33. The van der Waals surface area contributed by atoms with E-state index in [0.29, 0.717) is 31.3 Å². The third-order valence-corrected chi connectivity index (χ3v) is 6.60. The predicted molar refractivity (Wildman–Crippen MR) is 85.0 cm³/mol. The lowest BCUT2D eigenvalue weighted by Crippen LogP contribution is -2.46. The zero-order valence-corrected chi connectivity index (χ0v) is 13.6. The van der Waals surface area contributed by atoms with Crippen molar-refractivity contribution in [1.82, 2.24) is 9.03 Å². The molecule has 1 aliphatic rings. The Balaban J connectivity index is 1.75. The molecular formula is C13H15ClN2O3S2. The van der Waals surface area contributed by atoms with Gasteiger partial charge in [-0.1, -0.05) is 29.8 Å². The van der Waals surface area contributed by atoms with Crippen LogP contribution in [0.3, 0.4) is 0 Å². The Hall–Kier alpha value is -0.700. The van der Waals surface area contributed by atoms with Crippen molar-refractivity contribution in [1.29, 1.82) is 0 Å². The first-order valence-corrected chi connectivity index (χ1v) is 9.20. The molecule has 114 valence electrons. The highest BCUT2D eigenvalue weighted by Crippen LogP contribution is 2.35. The molecule has 3 rings (SSSR count). The van der Waals surface area contributed by atoms with Crippen molar-refractivity contribution in [2.45, 2.75) is 6.54 Å². The molecule has 1 saturated heterocycles. The second-order valence-electron chi connectivity index (χ2n) is 4.67. The number of hydrogen-bond acceptors (Lipinski definition) is 4. The van der Waals surface area contributed by atoms with Crippen LogP contribution in [-0.2, 0) is 21.5 Å². The maximum atomic E-state index is 12.2. The van der Waals surface area contributed by atoms with E-state index in [1.807, 2.05) is 24.3 Å². The van der Waals surface area contributed by atoms with Gasteiger partial charge in [-0.2, -0.15) is 17.4 Å². The number of ether oxygens (including phenoxy) is 1. The Morgan fingerprint density at radius 2 is 2.00 bits per heavy atom. The SMILES string of the molecule is O=S(=O)(NCc1sc2ccccc2c1Cl)N1CCOCC1. The monoisotopic (exact) mass is 346 g/mol. The molecule has 0 unspecified atom stereocenters. The summed E-state index contributed by atoms with van der Waals surface area (Å²) in [4.78, 5) is 0.828. The molecule has 0 spiro atoms. The van der Waals surface area contributed by atoms with Gasteiger partial charge in [-0.05, 0) is 6.07 Å². The molecule has 0 amide bonds. The van der Waals surface area contributed by atoms with Crippen molar-refractivity contribution in [3.8, 4) is 0 Å². The number of rotatable bonds is 4. The summed E-state index contributed by atoms with van der Waals surface area (Å²) in [6, 6.07) is 7.78.